The molecule has 0 bridgehead atoms. The van der Waals surface area contributed by atoms with Gasteiger partial charge in [0.15, 0.2) is 0 Å². The van der Waals surface area contributed by atoms with E-state index in [9.17, 15) is 8.42 Å². The van der Waals surface area contributed by atoms with Crippen LogP contribution in [0.3, 0.4) is 0 Å². The Morgan fingerprint density at radius 1 is 1.18 bits per heavy atom. The monoisotopic (exact) mass is 264 g/mol. The summed E-state index contributed by atoms with van der Waals surface area (Å²) < 4.78 is 25.3. The van der Waals surface area contributed by atoms with Crippen LogP contribution in [0.25, 0.3) is 0 Å². The zero-order valence-electron chi connectivity index (χ0n) is 11.9. The van der Waals surface area contributed by atoms with Gasteiger partial charge in [0.1, 0.15) is 0 Å². The van der Waals surface area contributed by atoms with E-state index in [0.29, 0.717) is 6.54 Å². The van der Waals surface area contributed by atoms with Crippen molar-refractivity contribution in [2.75, 3.05) is 32.4 Å². The molecule has 0 radical (unpaired) electrons. The smallest absolute Gasteiger partial charge is 0.214 e. The van der Waals surface area contributed by atoms with E-state index < -0.39 is 10.0 Å². The second-order valence-corrected chi connectivity index (χ2v) is 6.35. The fourth-order valence-corrected chi connectivity index (χ4v) is 3.52. The van der Waals surface area contributed by atoms with E-state index in [0.717, 1.165) is 25.9 Å². The highest BCUT2D eigenvalue weighted by molar-refractivity contribution is 7.89. The Hall–Kier alpha value is -0.130. The third-order valence-corrected chi connectivity index (χ3v) is 5.13. The maximum atomic E-state index is 11.8. The lowest BCUT2D eigenvalue weighted by molar-refractivity contribution is 0.186. The lowest BCUT2D eigenvalue weighted by Crippen LogP contribution is -2.46. The first-order valence-corrected chi connectivity index (χ1v) is 8.30. The van der Waals surface area contributed by atoms with Gasteiger partial charge in [0.05, 0.1) is 5.75 Å². The predicted molar refractivity (Wildman–Crippen MR) is 73.7 cm³/mol. The van der Waals surface area contributed by atoms with Crippen molar-refractivity contribution in [2.45, 2.75) is 46.6 Å². The Balaban J connectivity index is 0.00000121. The molecule has 1 saturated heterocycles. The van der Waals surface area contributed by atoms with E-state index in [1.54, 1.807) is 11.2 Å². The van der Waals surface area contributed by atoms with Crippen molar-refractivity contribution in [1.29, 1.82) is 0 Å². The van der Waals surface area contributed by atoms with Crippen molar-refractivity contribution in [3.8, 4) is 0 Å². The molecule has 1 aliphatic rings. The first kappa shape index (κ1) is 16.9. The largest absolute Gasteiger partial charge is 0.306 e. The number of piperidine rings is 1. The molecule has 0 saturated carbocycles. The fraction of sp³-hybridized carbons (Fsp3) is 1.00. The third-order valence-electron chi connectivity index (χ3n) is 3.13. The Morgan fingerprint density at radius 3 is 2.00 bits per heavy atom. The molecule has 4 nitrogen and oxygen atoms in total. The maximum Gasteiger partial charge on any atom is 0.214 e. The summed E-state index contributed by atoms with van der Waals surface area (Å²) in [5.41, 5.74) is 0. The third kappa shape index (κ3) is 4.94. The summed E-state index contributed by atoms with van der Waals surface area (Å²) in [6, 6.07) is 0.219. The fourth-order valence-electron chi connectivity index (χ4n) is 2.13. The molecule has 1 heterocycles. The van der Waals surface area contributed by atoms with Gasteiger partial charge in [-0.15, -0.1) is 0 Å². The van der Waals surface area contributed by atoms with E-state index >= 15 is 0 Å². The molecule has 0 aromatic carbocycles. The number of sulfonamides is 1. The Morgan fingerprint density at radius 2 is 1.65 bits per heavy atom. The van der Waals surface area contributed by atoms with Crippen molar-refractivity contribution >= 4 is 10.0 Å². The summed E-state index contributed by atoms with van der Waals surface area (Å²) in [6.45, 7) is 10.2. The van der Waals surface area contributed by atoms with Gasteiger partial charge < -0.3 is 4.90 Å². The summed E-state index contributed by atoms with van der Waals surface area (Å²) in [4.78, 5) is 2.25. The first-order valence-electron chi connectivity index (χ1n) is 6.69. The van der Waals surface area contributed by atoms with Gasteiger partial charge in [0.25, 0.3) is 0 Å². The summed E-state index contributed by atoms with van der Waals surface area (Å²) in [6.07, 6.45) is 1.92. The topological polar surface area (TPSA) is 40.6 Å². The molecule has 1 rings (SSSR count). The van der Waals surface area contributed by atoms with Gasteiger partial charge in [0, 0.05) is 12.6 Å². The van der Waals surface area contributed by atoms with Crippen LogP contribution in [0.5, 0.6) is 0 Å². The number of hydrogen-bond donors (Lipinski definition) is 0. The summed E-state index contributed by atoms with van der Waals surface area (Å²) in [5, 5.41) is 0. The SMILES string of the molecule is CC.CCN(C1CCN(C)CC1)S(=O)(=O)CC. The van der Waals surface area contributed by atoms with E-state index in [4.69, 9.17) is 0 Å². The molecular weight excluding hydrogens is 236 g/mol. The van der Waals surface area contributed by atoms with Gasteiger partial charge in [-0.3, -0.25) is 0 Å². The standard InChI is InChI=1S/C10H22N2O2S.C2H6/c1-4-12(15(13,14)5-2)10-6-8-11(3)9-7-10;1-2/h10H,4-9H2,1-3H3;1-2H3. The van der Waals surface area contributed by atoms with Crippen LogP contribution in [-0.2, 0) is 10.0 Å². The molecule has 5 heteroatoms. The Bertz CT molecular complexity index is 283. The van der Waals surface area contributed by atoms with Crippen molar-refractivity contribution < 1.29 is 8.42 Å². The summed E-state index contributed by atoms with van der Waals surface area (Å²) in [5.74, 6) is 0.215. The number of hydrogen-bond acceptors (Lipinski definition) is 3. The Kier molecular flexibility index (Phi) is 8.00. The van der Waals surface area contributed by atoms with E-state index in [-0.39, 0.29) is 11.8 Å². The van der Waals surface area contributed by atoms with Crippen molar-refractivity contribution in [3.63, 3.8) is 0 Å². The molecule has 0 amide bonds. The number of rotatable bonds is 4. The highest BCUT2D eigenvalue weighted by Gasteiger charge is 2.29. The van der Waals surface area contributed by atoms with Crippen LogP contribution in [0.2, 0.25) is 0 Å². The molecule has 0 N–H and O–H groups in total. The zero-order valence-corrected chi connectivity index (χ0v) is 12.8. The van der Waals surface area contributed by atoms with E-state index in [1.165, 1.54) is 0 Å². The summed E-state index contributed by atoms with van der Waals surface area (Å²) in [7, 11) is -0.928. The van der Waals surface area contributed by atoms with Crippen molar-refractivity contribution in [2.24, 2.45) is 0 Å². The van der Waals surface area contributed by atoms with Crippen LogP contribution in [0.4, 0.5) is 0 Å². The minimum atomic E-state index is -3.01. The average Bonchev–Trinajstić information content (AvgIpc) is 2.35. The molecule has 17 heavy (non-hydrogen) atoms. The minimum Gasteiger partial charge on any atom is -0.306 e. The Labute approximate surface area is 107 Å². The van der Waals surface area contributed by atoms with E-state index in [1.807, 2.05) is 20.8 Å². The molecule has 0 aromatic heterocycles. The molecule has 1 fully saturated rings. The zero-order chi connectivity index (χ0) is 13.5. The van der Waals surface area contributed by atoms with Crippen molar-refractivity contribution in [3.05, 3.63) is 0 Å². The van der Waals surface area contributed by atoms with Crippen LogP contribution < -0.4 is 0 Å². The molecule has 0 spiro atoms. The van der Waals surface area contributed by atoms with Crippen LogP contribution in [-0.4, -0.2) is 56.1 Å². The quantitative estimate of drug-likeness (QED) is 0.777. The lowest BCUT2D eigenvalue weighted by Gasteiger charge is -2.35. The molecule has 0 aliphatic carbocycles. The highest BCUT2D eigenvalue weighted by Crippen LogP contribution is 2.18. The maximum absolute atomic E-state index is 11.8. The average molecular weight is 264 g/mol. The van der Waals surface area contributed by atoms with Gasteiger partial charge in [-0.1, -0.05) is 20.8 Å². The molecular formula is C12H28N2O2S. The molecule has 104 valence electrons. The van der Waals surface area contributed by atoms with E-state index in [2.05, 4.69) is 11.9 Å². The second-order valence-electron chi connectivity index (χ2n) is 4.14. The van der Waals surface area contributed by atoms with Crippen molar-refractivity contribution in [1.82, 2.24) is 9.21 Å². The van der Waals surface area contributed by atoms with Gasteiger partial charge in [-0.05, 0) is 39.9 Å². The minimum absolute atomic E-state index is 0.215. The van der Waals surface area contributed by atoms with Gasteiger partial charge in [0.2, 0.25) is 10.0 Å². The van der Waals surface area contributed by atoms with Crippen LogP contribution >= 0.6 is 0 Å². The normalized spacial score (nSPS) is 18.9. The lowest BCUT2D eigenvalue weighted by atomic mass is 10.1. The molecule has 0 aromatic rings. The molecule has 1 aliphatic heterocycles. The highest BCUT2D eigenvalue weighted by atomic mass is 32.2. The van der Waals surface area contributed by atoms with Gasteiger partial charge >= 0.3 is 0 Å². The van der Waals surface area contributed by atoms with Crippen LogP contribution in [0.15, 0.2) is 0 Å². The number of nitrogens with zero attached hydrogens (tertiary/aromatic N) is 2. The molecule has 0 unspecified atom stereocenters. The van der Waals surface area contributed by atoms with Crippen LogP contribution in [0, 0.1) is 0 Å². The second kappa shape index (κ2) is 8.06. The molecule has 0 atom stereocenters. The predicted octanol–water partition coefficient (Wildman–Crippen LogP) is 1.78. The van der Waals surface area contributed by atoms with Crippen LogP contribution in [0.1, 0.15) is 40.5 Å². The number of likely N-dealkylation sites (tertiary alicyclic amines) is 1. The first-order chi connectivity index (χ1) is 8.01. The van der Waals surface area contributed by atoms with Gasteiger partial charge in [-0.2, -0.15) is 4.31 Å². The summed E-state index contributed by atoms with van der Waals surface area (Å²) >= 11 is 0. The van der Waals surface area contributed by atoms with Gasteiger partial charge in [-0.25, -0.2) is 8.42 Å².